The van der Waals surface area contributed by atoms with Gasteiger partial charge in [0.25, 0.3) is 0 Å². The summed E-state index contributed by atoms with van der Waals surface area (Å²) < 4.78 is 23.2. The third-order valence-corrected chi connectivity index (χ3v) is 5.51. The fourth-order valence-corrected chi connectivity index (χ4v) is 4.53. The molecule has 0 saturated heterocycles. The Hall–Kier alpha value is -1.07. The predicted molar refractivity (Wildman–Crippen MR) is 89.8 cm³/mol. The summed E-state index contributed by atoms with van der Waals surface area (Å²) in [7, 11) is -3.19. The molecular formula is C17H27NO3S. The Labute approximate surface area is 133 Å². The lowest BCUT2D eigenvalue weighted by molar-refractivity contribution is -0.00317. The molecule has 1 aliphatic rings. The number of sulfone groups is 1. The molecule has 1 fully saturated rings. The normalized spacial score (nSPS) is 28.3. The molecule has 22 heavy (non-hydrogen) atoms. The Bertz CT molecular complexity index is 639. The van der Waals surface area contributed by atoms with E-state index in [-0.39, 0.29) is 16.9 Å². The molecule has 1 saturated carbocycles. The van der Waals surface area contributed by atoms with Gasteiger partial charge in [-0.1, -0.05) is 26.8 Å². The summed E-state index contributed by atoms with van der Waals surface area (Å²) in [6, 6.07) is 6.90. The topological polar surface area (TPSA) is 66.4 Å². The number of aliphatic hydroxyl groups is 1. The maximum absolute atomic E-state index is 11.6. The van der Waals surface area contributed by atoms with Crippen LogP contribution in [0.15, 0.2) is 29.2 Å². The van der Waals surface area contributed by atoms with Crippen molar-refractivity contribution in [1.82, 2.24) is 0 Å². The second-order valence-corrected chi connectivity index (χ2v) is 9.88. The Morgan fingerprint density at radius 3 is 2.55 bits per heavy atom. The van der Waals surface area contributed by atoms with Crippen molar-refractivity contribution in [2.75, 3.05) is 18.1 Å². The number of hydrogen-bond acceptors (Lipinski definition) is 4. The van der Waals surface area contributed by atoms with Gasteiger partial charge in [0.1, 0.15) is 0 Å². The molecule has 0 spiro atoms. The first-order valence-electron chi connectivity index (χ1n) is 7.71. The molecule has 2 unspecified atom stereocenters. The summed E-state index contributed by atoms with van der Waals surface area (Å²) in [5.74, 6) is 0. The molecule has 2 rings (SSSR count). The Kier molecular flexibility index (Phi) is 4.60. The smallest absolute Gasteiger partial charge is 0.175 e. The van der Waals surface area contributed by atoms with Crippen molar-refractivity contribution in [2.45, 2.75) is 51.0 Å². The van der Waals surface area contributed by atoms with E-state index < -0.39 is 9.84 Å². The number of rotatable bonds is 4. The van der Waals surface area contributed by atoms with Gasteiger partial charge in [-0.05, 0) is 48.3 Å². The van der Waals surface area contributed by atoms with Crippen LogP contribution in [0.1, 0.15) is 40.0 Å². The fourth-order valence-electron chi connectivity index (χ4n) is 3.87. The van der Waals surface area contributed by atoms with Crippen molar-refractivity contribution in [2.24, 2.45) is 10.8 Å². The molecular weight excluding hydrogens is 298 g/mol. The minimum absolute atomic E-state index is 0.00224. The maximum atomic E-state index is 11.6. The number of benzene rings is 1. The van der Waals surface area contributed by atoms with Crippen LogP contribution < -0.4 is 5.32 Å². The van der Waals surface area contributed by atoms with E-state index in [0.717, 1.165) is 31.5 Å². The molecule has 5 heteroatoms. The summed E-state index contributed by atoms with van der Waals surface area (Å²) in [6.07, 6.45) is 3.60. The Morgan fingerprint density at radius 2 is 1.95 bits per heavy atom. The summed E-state index contributed by atoms with van der Waals surface area (Å²) in [5.41, 5.74) is 0.937. The monoisotopic (exact) mass is 325 g/mol. The zero-order valence-electron chi connectivity index (χ0n) is 13.9. The fraction of sp³-hybridized carbons (Fsp3) is 0.647. The molecule has 2 atom stereocenters. The van der Waals surface area contributed by atoms with Crippen LogP contribution in [0.4, 0.5) is 5.69 Å². The lowest BCUT2D eigenvalue weighted by Gasteiger charge is -2.45. The molecule has 2 N–H and O–H groups in total. The van der Waals surface area contributed by atoms with E-state index in [9.17, 15) is 13.5 Å². The van der Waals surface area contributed by atoms with Gasteiger partial charge in [0.05, 0.1) is 11.0 Å². The molecule has 0 aliphatic heterocycles. The average Bonchev–Trinajstić information content (AvgIpc) is 2.33. The maximum Gasteiger partial charge on any atom is 0.175 e. The molecule has 1 aliphatic carbocycles. The molecule has 0 amide bonds. The van der Waals surface area contributed by atoms with Crippen LogP contribution >= 0.6 is 0 Å². The second-order valence-electron chi connectivity index (χ2n) is 7.87. The first-order valence-corrected chi connectivity index (χ1v) is 9.60. The van der Waals surface area contributed by atoms with Crippen LogP contribution in [0.3, 0.4) is 0 Å². The molecule has 124 valence electrons. The largest absolute Gasteiger partial charge is 0.393 e. The first-order chi connectivity index (χ1) is 9.99. The van der Waals surface area contributed by atoms with Gasteiger partial charge in [-0.3, -0.25) is 0 Å². The third-order valence-electron chi connectivity index (χ3n) is 4.40. The second kappa shape index (κ2) is 5.85. The Balaban J connectivity index is 2.09. The van der Waals surface area contributed by atoms with Crippen molar-refractivity contribution in [1.29, 1.82) is 0 Å². The molecule has 4 nitrogen and oxygen atoms in total. The zero-order chi connectivity index (χ0) is 16.6. The number of anilines is 1. The minimum Gasteiger partial charge on any atom is -0.393 e. The molecule has 0 radical (unpaired) electrons. The van der Waals surface area contributed by atoms with E-state index in [0.29, 0.717) is 4.90 Å². The van der Waals surface area contributed by atoms with Gasteiger partial charge in [-0.15, -0.1) is 0 Å². The summed E-state index contributed by atoms with van der Waals surface area (Å²) in [6.45, 7) is 7.29. The van der Waals surface area contributed by atoms with Crippen molar-refractivity contribution < 1.29 is 13.5 Å². The summed E-state index contributed by atoms with van der Waals surface area (Å²) >= 11 is 0. The van der Waals surface area contributed by atoms with Crippen LogP contribution in [0.25, 0.3) is 0 Å². The van der Waals surface area contributed by atoms with Crippen LogP contribution in [0, 0.1) is 10.8 Å². The highest BCUT2D eigenvalue weighted by Gasteiger charge is 2.40. The highest BCUT2D eigenvalue weighted by molar-refractivity contribution is 7.90. The number of hydrogen-bond donors (Lipinski definition) is 2. The van der Waals surface area contributed by atoms with E-state index in [2.05, 4.69) is 26.1 Å². The van der Waals surface area contributed by atoms with E-state index in [4.69, 9.17) is 0 Å². The predicted octanol–water partition coefficient (Wildman–Crippen LogP) is 3.08. The van der Waals surface area contributed by atoms with Gasteiger partial charge in [0, 0.05) is 18.5 Å². The zero-order valence-corrected chi connectivity index (χ0v) is 14.7. The molecule has 1 aromatic rings. The molecule has 0 bridgehead atoms. The average molecular weight is 325 g/mol. The number of nitrogens with one attached hydrogen (secondary N) is 1. The minimum atomic E-state index is -3.19. The van der Waals surface area contributed by atoms with Crippen LogP contribution in [0.5, 0.6) is 0 Å². The standard InChI is InChI=1S/C17H27NO3S/c1-16(2)9-14(19)10-17(3,11-16)12-18-13-6-5-7-15(8-13)22(4,20)21/h5-8,14,18-19H,9-12H2,1-4H3. The van der Waals surface area contributed by atoms with Gasteiger partial charge < -0.3 is 10.4 Å². The van der Waals surface area contributed by atoms with Gasteiger partial charge >= 0.3 is 0 Å². The lowest BCUT2D eigenvalue weighted by atomic mass is 9.63. The van der Waals surface area contributed by atoms with Gasteiger partial charge in [0.2, 0.25) is 0 Å². The molecule has 0 aromatic heterocycles. The first kappa shape index (κ1) is 17.3. The third kappa shape index (κ3) is 4.46. The SMILES string of the molecule is CC1(C)CC(O)CC(C)(CNc2cccc(S(C)(=O)=O)c2)C1. The Morgan fingerprint density at radius 1 is 1.27 bits per heavy atom. The van der Waals surface area contributed by atoms with Crippen LogP contribution in [0.2, 0.25) is 0 Å². The highest BCUT2D eigenvalue weighted by atomic mass is 32.2. The van der Waals surface area contributed by atoms with Crippen molar-refractivity contribution in [3.8, 4) is 0 Å². The van der Waals surface area contributed by atoms with E-state index in [1.807, 2.05) is 6.07 Å². The van der Waals surface area contributed by atoms with Crippen LogP contribution in [-0.4, -0.2) is 32.4 Å². The molecule has 0 heterocycles. The van der Waals surface area contributed by atoms with Crippen molar-refractivity contribution in [3.05, 3.63) is 24.3 Å². The molecule has 1 aromatic carbocycles. The van der Waals surface area contributed by atoms with Gasteiger partial charge in [0.15, 0.2) is 9.84 Å². The summed E-state index contributed by atoms with van der Waals surface area (Å²) in [5, 5.41) is 13.5. The van der Waals surface area contributed by atoms with E-state index in [1.165, 1.54) is 6.26 Å². The van der Waals surface area contributed by atoms with Gasteiger partial charge in [-0.2, -0.15) is 0 Å². The van der Waals surface area contributed by atoms with Gasteiger partial charge in [-0.25, -0.2) is 8.42 Å². The van der Waals surface area contributed by atoms with Crippen molar-refractivity contribution in [3.63, 3.8) is 0 Å². The van der Waals surface area contributed by atoms with Crippen molar-refractivity contribution >= 4 is 15.5 Å². The van der Waals surface area contributed by atoms with E-state index >= 15 is 0 Å². The summed E-state index contributed by atoms with van der Waals surface area (Å²) in [4.78, 5) is 0.326. The number of aliphatic hydroxyl groups excluding tert-OH is 1. The lowest BCUT2D eigenvalue weighted by Crippen LogP contribution is -2.42. The highest BCUT2D eigenvalue weighted by Crippen LogP contribution is 2.46. The quantitative estimate of drug-likeness (QED) is 0.893. The van der Waals surface area contributed by atoms with Crippen LogP contribution in [-0.2, 0) is 9.84 Å². The van der Waals surface area contributed by atoms with E-state index in [1.54, 1.807) is 18.2 Å².